The average molecular weight is 331 g/mol. The minimum Gasteiger partial charge on any atom is -0.502 e. The lowest BCUT2D eigenvalue weighted by Crippen LogP contribution is -2.13. The zero-order valence-corrected chi connectivity index (χ0v) is 13.5. The van der Waals surface area contributed by atoms with Gasteiger partial charge in [0.25, 0.3) is 0 Å². The number of methoxy groups -OCH3 is 2. The van der Waals surface area contributed by atoms with E-state index in [1.54, 1.807) is 0 Å². The molecule has 0 amide bonds. The van der Waals surface area contributed by atoms with Gasteiger partial charge in [-0.1, -0.05) is 0 Å². The van der Waals surface area contributed by atoms with Crippen LogP contribution in [0.1, 0.15) is 40.5 Å². The molecule has 0 spiro atoms. The topological polar surface area (TPSA) is 82.1 Å². The first kappa shape index (κ1) is 18.1. The summed E-state index contributed by atoms with van der Waals surface area (Å²) in [5, 5.41) is 10.0. The number of hydrogen-bond donors (Lipinski definition) is 1. The monoisotopic (exact) mass is 330 g/mol. The molecule has 0 aliphatic carbocycles. The molecule has 0 atom stereocenters. The maximum atomic E-state index is 12.2. The molecule has 1 N–H and O–H groups in total. The lowest BCUT2D eigenvalue weighted by molar-refractivity contribution is 0.0496. The van der Waals surface area contributed by atoms with Gasteiger partial charge in [-0.05, 0) is 25.8 Å². The molecule has 122 valence electrons. The Kier molecular flexibility index (Phi) is 6.98. The fourth-order valence-corrected chi connectivity index (χ4v) is 2.12. The number of halogens is 1. The Morgan fingerprint density at radius 2 is 1.91 bits per heavy atom. The van der Waals surface area contributed by atoms with E-state index in [2.05, 4.69) is 0 Å². The second-order valence-corrected chi connectivity index (χ2v) is 4.85. The number of ketones is 1. The Bertz CT molecular complexity index is 555. The highest BCUT2D eigenvalue weighted by Crippen LogP contribution is 2.41. The first-order valence-electron chi connectivity index (χ1n) is 6.69. The van der Waals surface area contributed by atoms with Crippen LogP contribution in [0.5, 0.6) is 17.2 Å². The molecule has 0 aromatic heterocycles. The summed E-state index contributed by atoms with van der Waals surface area (Å²) < 4.78 is 15.1. The molecule has 1 rings (SSSR count). The number of Topliss-reactive ketones (excluding diaryl/α,β-unsaturated/α-hetero) is 1. The predicted octanol–water partition coefficient (Wildman–Crippen LogP) is 2.79. The normalized spacial score (nSPS) is 10.2. The maximum absolute atomic E-state index is 12.2. The van der Waals surface area contributed by atoms with E-state index in [1.807, 2.05) is 0 Å². The number of phenols is 1. The summed E-state index contributed by atoms with van der Waals surface area (Å²) in [6.07, 6.45) is 1.34. The number of alkyl halides is 1. The van der Waals surface area contributed by atoms with Gasteiger partial charge < -0.3 is 19.3 Å². The third kappa shape index (κ3) is 4.04. The van der Waals surface area contributed by atoms with Crippen LogP contribution in [0.25, 0.3) is 0 Å². The van der Waals surface area contributed by atoms with Crippen molar-refractivity contribution in [1.29, 1.82) is 0 Å². The molecule has 0 radical (unpaired) electrons. The van der Waals surface area contributed by atoms with Gasteiger partial charge in [-0.3, -0.25) is 4.79 Å². The van der Waals surface area contributed by atoms with Crippen molar-refractivity contribution in [1.82, 2.24) is 0 Å². The molecule has 0 bridgehead atoms. The van der Waals surface area contributed by atoms with Crippen molar-refractivity contribution in [3.63, 3.8) is 0 Å². The number of rotatable bonds is 8. The van der Waals surface area contributed by atoms with Gasteiger partial charge in [0.05, 0.1) is 32.0 Å². The second-order valence-electron chi connectivity index (χ2n) is 4.47. The number of phenolic OH excluding ortho intramolecular Hbond substituents is 1. The Morgan fingerprint density at radius 1 is 1.23 bits per heavy atom. The number of ether oxygens (including phenoxy) is 3. The number of hydrogen-bond acceptors (Lipinski definition) is 6. The summed E-state index contributed by atoms with van der Waals surface area (Å²) in [4.78, 5) is 24.0. The van der Waals surface area contributed by atoms with Crippen LogP contribution < -0.4 is 9.47 Å². The van der Waals surface area contributed by atoms with Crippen molar-refractivity contribution in [3.8, 4) is 17.2 Å². The molecule has 1 aromatic carbocycles. The number of aromatic hydroxyl groups is 1. The van der Waals surface area contributed by atoms with Gasteiger partial charge in [0, 0.05) is 5.88 Å². The highest BCUT2D eigenvalue weighted by Gasteiger charge is 2.26. The zero-order valence-electron chi connectivity index (χ0n) is 12.8. The molecule has 0 saturated carbocycles. The van der Waals surface area contributed by atoms with E-state index < -0.39 is 11.8 Å². The summed E-state index contributed by atoms with van der Waals surface area (Å²) in [6, 6.07) is 1.26. The lowest BCUT2D eigenvalue weighted by atomic mass is 10.0. The number of unbranched alkanes of at least 4 members (excludes halogenated alkanes) is 1. The molecule has 22 heavy (non-hydrogen) atoms. The average Bonchev–Trinajstić information content (AvgIpc) is 2.50. The smallest absolute Gasteiger partial charge is 0.339 e. The Hall–Kier alpha value is -1.95. The Labute approximate surface area is 133 Å². The van der Waals surface area contributed by atoms with Crippen LogP contribution in [0.4, 0.5) is 0 Å². The number of benzene rings is 1. The van der Waals surface area contributed by atoms with Crippen molar-refractivity contribution in [2.45, 2.75) is 19.8 Å². The largest absolute Gasteiger partial charge is 0.502 e. The number of esters is 1. The maximum Gasteiger partial charge on any atom is 0.339 e. The first-order chi connectivity index (χ1) is 10.5. The van der Waals surface area contributed by atoms with Crippen LogP contribution in [-0.2, 0) is 4.74 Å². The van der Waals surface area contributed by atoms with Crippen LogP contribution in [0.15, 0.2) is 6.07 Å². The highest BCUT2D eigenvalue weighted by molar-refractivity contribution is 6.17. The van der Waals surface area contributed by atoms with Crippen molar-refractivity contribution in [3.05, 3.63) is 17.2 Å². The molecule has 0 saturated heterocycles. The van der Waals surface area contributed by atoms with Crippen LogP contribution >= 0.6 is 11.6 Å². The highest BCUT2D eigenvalue weighted by atomic mass is 35.5. The molecule has 0 heterocycles. The minimum atomic E-state index is -0.684. The number of carbonyl (C=O) groups is 2. The second kappa shape index (κ2) is 8.48. The Balaban J connectivity index is 3.21. The fraction of sp³-hybridized carbons (Fsp3) is 0.467. The molecular formula is C15H19ClO6. The predicted molar refractivity (Wildman–Crippen MR) is 81.5 cm³/mol. The van der Waals surface area contributed by atoms with Gasteiger partial charge in [0.1, 0.15) is 0 Å². The van der Waals surface area contributed by atoms with Gasteiger partial charge >= 0.3 is 5.97 Å². The fourth-order valence-electron chi connectivity index (χ4n) is 1.93. The Morgan fingerprint density at radius 3 is 2.41 bits per heavy atom. The van der Waals surface area contributed by atoms with Crippen LogP contribution in [0.2, 0.25) is 0 Å². The molecule has 0 unspecified atom stereocenters. The molecule has 1 aromatic rings. The van der Waals surface area contributed by atoms with Crippen LogP contribution in [0, 0.1) is 0 Å². The third-order valence-electron chi connectivity index (χ3n) is 2.98. The third-order valence-corrected chi connectivity index (χ3v) is 3.24. The summed E-state index contributed by atoms with van der Waals surface area (Å²) >= 11 is 5.55. The van der Waals surface area contributed by atoms with E-state index in [1.165, 1.54) is 27.2 Å². The van der Waals surface area contributed by atoms with E-state index in [-0.39, 0.29) is 35.0 Å². The van der Waals surface area contributed by atoms with E-state index in [4.69, 9.17) is 25.8 Å². The zero-order chi connectivity index (χ0) is 16.7. The van der Waals surface area contributed by atoms with Crippen molar-refractivity contribution in [2.75, 3.05) is 26.7 Å². The molecule has 0 aliphatic heterocycles. The molecule has 0 aliphatic rings. The molecule has 6 nitrogen and oxygen atoms in total. The summed E-state index contributed by atoms with van der Waals surface area (Å²) in [7, 11) is 2.62. The van der Waals surface area contributed by atoms with E-state index in [9.17, 15) is 14.7 Å². The summed E-state index contributed by atoms with van der Waals surface area (Å²) in [6.45, 7) is 1.46. The van der Waals surface area contributed by atoms with E-state index in [0.717, 1.165) is 6.42 Å². The van der Waals surface area contributed by atoms with E-state index >= 15 is 0 Å². The molecule has 0 fully saturated rings. The van der Waals surface area contributed by atoms with Crippen LogP contribution in [0.3, 0.4) is 0 Å². The van der Waals surface area contributed by atoms with Crippen molar-refractivity contribution in [2.24, 2.45) is 0 Å². The van der Waals surface area contributed by atoms with Gasteiger partial charge in [0.15, 0.2) is 17.3 Å². The van der Waals surface area contributed by atoms with Gasteiger partial charge in [-0.25, -0.2) is 4.79 Å². The molecule has 7 heteroatoms. The van der Waals surface area contributed by atoms with E-state index in [0.29, 0.717) is 12.3 Å². The molecular weight excluding hydrogens is 312 g/mol. The standard InChI is InChI=1S/C15H19ClO6/c1-9(17)12-10(15(19)22-7-5-4-6-16)8-11(20-2)13(18)14(12)21-3/h8,18H,4-7H2,1-3H3. The van der Waals surface area contributed by atoms with Crippen molar-refractivity contribution < 1.29 is 28.9 Å². The van der Waals surface area contributed by atoms with Gasteiger partial charge in [0.2, 0.25) is 5.75 Å². The van der Waals surface area contributed by atoms with Crippen molar-refractivity contribution >= 4 is 23.4 Å². The van der Waals surface area contributed by atoms with Crippen LogP contribution in [-0.4, -0.2) is 43.6 Å². The lowest BCUT2D eigenvalue weighted by Gasteiger charge is -2.15. The minimum absolute atomic E-state index is 0.00938. The summed E-state index contributed by atoms with van der Waals surface area (Å²) in [5.41, 5.74) is -0.0481. The quantitative estimate of drug-likeness (QED) is 0.341. The van der Waals surface area contributed by atoms with Gasteiger partial charge in [-0.2, -0.15) is 0 Å². The SMILES string of the molecule is COc1cc(C(=O)OCCCCCl)c(C(C)=O)c(OC)c1O. The van der Waals surface area contributed by atoms with Gasteiger partial charge in [-0.15, -0.1) is 11.6 Å². The first-order valence-corrected chi connectivity index (χ1v) is 7.23. The number of carbonyl (C=O) groups excluding carboxylic acids is 2. The summed E-state index contributed by atoms with van der Waals surface area (Å²) in [5.74, 6) is -1.06.